The van der Waals surface area contributed by atoms with E-state index in [2.05, 4.69) is 36.4 Å². The predicted molar refractivity (Wildman–Crippen MR) is 81.2 cm³/mol. The molecule has 1 saturated heterocycles. The lowest BCUT2D eigenvalue weighted by atomic mass is 10.0. The standard InChI is InChI=1S/C17H21NO2/c18-10-7-16-15-4-2-1-3-13(15)5-6-17(16)20-14-8-11-19-12-9-14/h1-6,14H,7-12,18H2. The van der Waals surface area contributed by atoms with Crippen molar-refractivity contribution in [3.63, 3.8) is 0 Å². The molecule has 0 radical (unpaired) electrons. The topological polar surface area (TPSA) is 44.5 Å². The van der Waals surface area contributed by atoms with Gasteiger partial charge in [0.2, 0.25) is 0 Å². The molecular formula is C17H21NO2. The van der Waals surface area contributed by atoms with Gasteiger partial charge in [0.15, 0.2) is 0 Å². The van der Waals surface area contributed by atoms with Gasteiger partial charge in [0.1, 0.15) is 11.9 Å². The second-order valence-electron chi connectivity index (χ2n) is 5.23. The van der Waals surface area contributed by atoms with Crippen molar-refractivity contribution in [3.05, 3.63) is 42.0 Å². The molecular weight excluding hydrogens is 250 g/mol. The summed E-state index contributed by atoms with van der Waals surface area (Å²) < 4.78 is 11.6. The zero-order chi connectivity index (χ0) is 13.8. The van der Waals surface area contributed by atoms with Gasteiger partial charge in [-0.1, -0.05) is 30.3 Å². The third-order valence-corrected chi connectivity index (χ3v) is 3.85. The highest BCUT2D eigenvalue weighted by molar-refractivity contribution is 5.87. The molecule has 0 bridgehead atoms. The molecule has 2 N–H and O–H groups in total. The molecule has 2 aromatic carbocycles. The lowest BCUT2D eigenvalue weighted by molar-refractivity contribution is 0.0253. The lowest BCUT2D eigenvalue weighted by Crippen LogP contribution is -2.26. The number of hydrogen-bond acceptors (Lipinski definition) is 3. The summed E-state index contributed by atoms with van der Waals surface area (Å²) in [7, 11) is 0. The van der Waals surface area contributed by atoms with E-state index in [-0.39, 0.29) is 6.10 Å². The Labute approximate surface area is 119 Å². The van der Waals surface area contributed by atoms with Crippen molar-refractivity contribution in [1.82, 2.24) is 0 Å². The van der Waals surface area contributed by atoms with Crippen LogP contribution < -0.4 is 10.5 Å². The Kier molecular flexibility index (Phi) is 4.19. The number of fused-ring (bicyclic) bond motifs is 1. The molecule has 3 rings (SSSR count). The van der Waals surface area contributed by atoms with Crippen molar-refractivity contribution in [2.24, 2.45) is 5.73 Å². The fourth-order valence-electron chi connectivity index (χ4n) is 2.80. The molecule has 3 heteroatoms. The van der Waals surface area contributed by atoms with Gasteiger partial charge in [-0.15, -0.1) is 0 Å². The highest BCUT2D eigenvalue weighted by Crippen LogP contribution is 2.30. The first-order valence-electron chi connectivity index (χ1n) is 7.33. The van der Waals surface area contributed by atoms with Gasteiger partial charge >= 0.3 is 0 Å². The van der Waals surface area contributed by atoms with E-state index in [0.29, 0.717) is 6.54 Å². The van der Waals surface area contributed by atoms with Crippen LogP contribution in [-0.2, 0) is 11.2 Å². The molecule has 106 valence electrons. The fourth-order valence-corrected chi connectivity index (χ4v) is 2.80. The average molecular weight is 271 g/mol. The van der Waals surface area contributed by atoms with Gasteiger partial charge in [-0.3, -0.25) is 0 Å². The number of benzene rings is 2. The Balaban J connectivity index is 1.94. The van der Waals surface area contributed by atoms with Crippen LogP contribution in [0.4, 0.5) is 0 Å². The SMILES string of the molecule is NCCc1c(OC2CCOCC2)ccc2ccccc12. The minimum Gasteiger partial charge on any atom is -0.490 e. The summed E-state index contributed by atoms with van der Waals surface area (Å²) in [6, 6.07) is 12.6. The largest absolute Gasteiger partial charge is 0.490 e. The molecule has 20 heavy (non-hydrogen) atoms. The van der Waals surface area contributed by atoms with E-state index in [1.807, 2.05) is 0 Å². The van der Waals surface area contributed by atoms with Gasteiger partial charge in [0, 0.05) is 18.4 Å². The van der Waals surface area contributed by atoms with Gasteiger partial charge in [0.25, 0.3) is 0 Å². The minimum atomic E-state index is 0.265. The van der Waals surface area contributed by atoms with Gasteiger partial charge in [-0.05, 0) is 29.8 Å². The Hall–Kier alpha value is -1.58. The Bertz CT molecular complexity index is 576. The van der Waals surface area contributed by atoms with Crippen molar-refractivity contribution in [2.45, 2.75) is 25.4 Å². The number of nitrogens with two attached hydrogens (primary N) is 1. The van der Waals surface area contributed by atoms with Crippen LogP contribution in [0.5, 0.6) is 5.75 Å². The summed E-state index contributed by atoms with van der Waals surface area (Å²) in [6.45, 7) is 2.23. The van der Waals surface area contributed by atoms with Crippen molar-refractivity contribution >= 4 is 10.8 Å². The third kappa shape index (κ3) is 2.79. The van der Waals surface area contributed by atoms with Gasteiger partial charge in [-0.25, -0.2) is 0 Å². The van der Waals surface area contributed by atoms with Crippen LogP contribution in [0.1, 0.15) is 18.4 Å². The van der Waals surface area contributed by atoms with Gasteiger partial charge in [-0.2, -0.15) is 0 Å². The van der Waals surface area contributed by atoms with E-state index in [0.717, 1.165) is 38.2 Å². The molecule has 0 unspecified atom stereocenters. The molecule has 1 fully saturated rings. The summed E-state index contributed by atoms with van der Waals surface area (Å²) in [6.07, 6.45) is 3.05. The zero-order valence-corrected chi connectivity index (χ0v) is 11.7. The summed E-state index contributed by atoms with van der Waals surface area (Å²) in [4.78, 5) is 0. The fraction of sp³-hybridized carbons (Fsp3) is 0.412. The summed E-state index contributed by atoms with van der Waals surface area (Å²) in [5, 5.41) is 2.50. The van der Waals surface area contributed by atoms with Crippen LogP contribution >= 0.6 is 0 Å². The van der Waals surface area contributed by atoms with Gasteiger partial charge in [0.05, 0.1) is 13.2 Å². The van der Waals surface area contributed by atoms with Crippen LogP contribution in [0.2, 0.25) is 0 Å². The van der Waals surface area contributed by atoms with Crippen LogP contribution in [0.25, 0.3) is 10.8 Å². The molecule has 0 atom stereocenters. The number of rotatable bonds is 4. The number of hydrogen-bond donors (Lipinski definition) is 1. The van der Waals surface area contributed by atoms with Crippen LogP contribution in [0.3, 0.4) is 0 Å². The Morgan fingerprint density at radius 2 is 1.90 bits per heavy atom. The van der Waals surface area contributed by atoms with E-state index in [4.69, 9.17) is 15.2 Å². The van der Waals surface area contributed by atoms with Gasteiger partial charge < -0.3 is 15.2 Å². The molecule has 0 spiro atoms. The maximum absolute atomic E-state index is 6.21. The monoisotopic (exact) mass is 271 g/mol. The second kappa shape index (κ2) is 6.25. The summed E-state index contributed by atoms with van der Waals surface area (Å²) >= 11 is 0. The third-order valence-electron chi connectivity index (χ3n) is 3.85. The molecule has 2 aromatic rings. The smallest absolute Gasteiger partial charge is 0.123 e. The molecule has 1 aliphatic rings. The zero-order valence-electron chi connectivity index (χ0n) is 11.7. The maximum atomic E-state index is 6.21. The maximum Gasteiger partial charge on any atom is 0.123 e. The molecule has 3 nitrogen and oxygen atoms in total. The first-order chi connectivity index (χ1) is 9.88. The second-order valence-corrected chi connectivity index (χ2v) is 5.23. The molecule has 0 amide bonds. The summed E-state index contributed by atoms with van der Waals surface area (Å²) in [5.74, 6) is 0.987. The molecule has 0 saturated carbocycles. The highest BCUT2D eigenvalue weighted by Gasteiger charge is 2.17. The van der Waals surface area contributed by atoms with E-state index in [1.54, 1.807) is 0 Å². The average Bonchev–Trinajstić information content (AvgIpc) is 2.51. The lowest BCUT2D eigenvalue weighted by Gasteiger charge is -2.25. The quantitative estimate of drug-likeness (QED) is 0.930. The molecule has 0 aliphatic carbocycles. The minimum absolute atomic E-state index is 0.265. The first-order valence-corrected chi connectivity index (χ1v) is 7.33. The van der Waals surface area contributed by atoms with E-state index in [9.17, 15) is 0 Å². The molecule has 1 heterocycles. The van der Waals surface area contributed by atoms with Crippen molar-refractivity contribution in [3.8, 4) is 5.75 Å². The normalized spacial score (nSPS) is 16.4. The van der Waals surface area contributed by atoms with E-state index >= 15 is 0 Å². The van der Waals surface area contributed by atoms with Crippen LogP contribution in [-0.4, -0.2) is 25.9 Å². The van der Waals surface area contributed by atoms with Crippen molar-refractivity contribution in [1.29, 1.82) is 0 Å². The Morgan fingerprint density at radius 1 is 1.10 bits per heavy atom. The van der Waals surface area contributed by atoms with E-state index < -0.39 is 0 Å². The van der Waals surface area contributed by atoms with Crippen molar-refractivity contribution < 1.29 is 9.47 Å². The highest BCUT2D eigenvalue weighted by atomic mass is 16.5. The first kappa shape index (κ1) is 13.4. The van der Waals surface area contributed by atoms with Crippen molar-refractivity contribution in [2.75, 3.05) is 19.8 Å². The molecule has 1 aliphatic heterocycles. The molecule has 0 aromatic heterocycles. The van der Waals surface area contributed by atoms with E-state index in [1.165, 1.54) is 16.3 Å². The summed E-state index contributed by atoms with van der Waals surface area (Å²) in [5.41, 5.74) is 7.01. The Morgan fingerprint density at radius 3 is 2.70 bits per heavy atom. The predicted octanol–water partition coefficient (Wildman–Crippen LogP) is 2.90. The van der Waals surface area contributed by atoms with Crippen LogP contribution in [0.15, 0.2) is 36.4 Å². The van der Waals surface area contributed by atoms with Crippen LogP contribution in [0, 0.1) is 0 Å². The number of ether oxygens (including phenoxy) is 2.